The number of aromatic hydroxyl groups is 1. The zero-order valence-electron chi connectivity index (χ0n) is 18.0. The van der Waals surface area contributed by atoms with Crippen LogP contribution in [-0.2, 0) is 4.79 Å². The molecule has 7 nitrogen and oxygen atoms in total. The van der Waals surface area contributed by atoms with Crippen molar-refractivity contribution in [3.63, 3.8) is 0 Å². The molecule has 0 heterocycles. The van der Waals surface area contributed by atoms with E-state index in [0.717, 1.165) is 0 Å². The predicted octanol–water partition coefficient (Wildman–Crippen LogP) is 3.78. The van der Waals surface area contributed by atoms with Crippen molar-refractivity contribution in [1.29, 1.82) is 0 Å². The number of rotatable bonds is 10. The van der Waals surface area contributed by atoms with Crippen molar-refractivity contribution in [3.05, 3.63) is 63.6 Å². The molecule has 9 heteroatoms. The van der Waals surface area contributed by atoms with Gasteiger partial charge in [0.1, 0.15) is 11.8 Å². The number of halogens is 2. The van der Waals surface area contributed by atoms with Gasteiger partial charge in [0, 0.05) is 23.7 Å². The van der Waals surface area contributed by atoms with Crippen LogP contribution in [0.2, 0.25) is 10.0 Å². The predicted molar refractivity (Wildman–Crippen MR) is 125 cm³/mol. The van der Waals surface area contributed by atoms with E-state index in [9.17, 15) is 19.5 Å². The minimum Gasteiger partial charge on any atom is -0.508 e. The number of carbonyl (C=O) groups is 3. The molecule has 4 N–H and O–H groups in total. The molecule has 0 saturated carbocycles. The van der Waals surface area contributed by atoms with Crippen LogP contribution >= 0.6 is 23.2 Å². The summed E-state index contributed by atoms with van der Waals surface area (Å²) in [5.74, 6) is -0.879. The van der Waals surface area contributed by atoms with E-state index in [4.69, 9.17) is 23.2 Å². The Morgan fingerprint density at radius 1 is 0.969 bits per heavy atom. The molecule has 0 aromatic heterocycles. The highest BCUT2D eigenvalue weighted by atomic mass is 35.5. The summed E-state index contributed by atoms with van der Waals surface area (Å²) in [7, 11) is 0. The fourth-order valence-corrected chi connectivity index (χ4v) is 3.48. The van der Waals surface area contributed by atoms with Crippen LogP contribution in [0.25, 0.3) is 0 Å². The second kappa shape index (κ2) is 12.3. The Morgan fingerprint density at radius 3 is 2.34 bits per heavy atom. The van der Waals surface area contributed by atoms with Crippen LogP contribution in [0.3, 0.4) is 0 Å². The second-order valence-electron chi connectivity index (χ2n) is 7.73. The highest BCUT2D eigenvalue weighted by molar-refractivity contribution is 6.36. The molecule has 0 aliphatic rings. The van der Waals surface area contributed by atoms with Crippen LogP contribution in [-0.4, -0.2) is 42.0 Å². The summed E-state index contributed by atoms with van der Waals surface area (Å²) in [5.41, 5.74) is 0.599. The molecule has 32 heavy (non-hydrogen) atoms. The van der Waals surface area contributed by atoms with Gasteiger partial charge in [0.15, 0.2) is 0 Å². The minimum absolute atomic E-state index is 0.0167. The third-order valence-electron chi connectivity index (χ3n) is 4.55. The Hall–Kier alpha value is -2.77. The second-order valence-corrected chi connectivity index (χ2v) is 8.57. The molecule has 3 amide bonds. The van der Waals surface area contributed by atoms with Crippen molar-refractivity contribution in [2.45, 2.75) is 32.7 Å². The SMILES string of the molecule is CC(C)CC(NC(=O)c1ccc(Cl)cc1Cl)C(=O)NCCCNC(=O)c1cccc(O)c1. The molecule has 1 atom stereocenters. The Balaban J connectivity index is 1.84. The maximum atomic E-state index is 12.6. The van der Waals surface area contributed by atoms with E-state index in [-0.39, 0.29) is 34.1 Å². The van der Waals surface area contributed by atoms with Crippen molar-refractivity contribution in [2.75, 3.05) is 13.1 Å². The maximum absolute atomic E-state index is 12.6. The number of carbonyl (C=O) groups excluding carboxylic acids is 3. The zero-order valence-corrected chi connectivity index (χ0v) is 19.5. The monoisotopic (exact) mass is 479 g/mol. The summed E-state index contributed by atoms with van der Waals surface area (Å²) in [5, 5.41) is 18.3. The van der Waals surface area contributed by atoms with E-state index in [1.54, 1.807) is 18.2 Å². The Labute approximate surface area is 197 Å². The smallest absolute Gasteiger partial charge is 0.253 e. The number of phenolic OH excluding ortho intramolecular Hbond substituents is 1. The van der Waals surface area contributed by atoms with Gasteiger partial charge in [0.25, 0.3) is 11.8 Å². The van der Waals surface area contributed by atoms with Gasteiger partial charge in [-0.25, -0.2) is 0 Å². The van der Waals surface area contributed by atoms with E-state index in [0.29, 0.717) is 36.5 Å². The highest BCUT2D eigenvalue weighted by Crippen LogP contribution is 2.21. The van der Waals surface area contributed by atoms with Gasteiger partial charge in [0.2, 0.25) is 5.91 Å². The highest BCUT2D eigenvalue weighted by Gasteiger charge is 2.23. The summed E-state index contributed by atoms with van der Waals surface area (Å²) in [6.07, 6.45) is 0.957. The molecule has 2 aromatic rings. The molecule has 0 bridgehead atoms. The normalized spacial score (nSPS) is 11.7. The van der Waals surface area contributed by atoms with Gasteiger partial charge in [0.05, 0.1) is 10.6 Å². The number of amides is 3. The summed E-state index contributed by atoms with van der Waals surface area (Å²) < 4.78 is 0. The number of nitrogens with one attached hydrogen (secondary N) is 3. The van der Waals surface area contributed by atoms with Crippen LogP contribution in [0.5, 0.6) is 5.75 Å². The lowest BCUT2D eigenvalue weighted by Crippen LogP contribution is -2.48. The maximum Gasteiger partial charge on any atom is 0.253 e. The van der Waals surface area contributed by atoms with Gasteiger partial charge in [-0.3, -0.25) is 14.4 Å². The molecule has 0 fully saturated rings. The molecule has 1 unspecified atom stereocenters. The average molecular weight is 480 g/mol. The van der Waals surface area contributed by atoms with Gasteiger partial charge >= 0.3 is 0 Å². The van der Waals surface area contributed by atoms with E-state index in [1.165, 1.54) is 24.3 Å². The Morgan fingerprint density at radius 2 is 1.69 bits per heavy atom. The van der Waals surface area contributed by atoms with Crippen molar-refractivity contribution >= 4 is 40.9 Å². The summed E-state index contributed by atoms with van der Waals surface area (Å²) >= 11 is 12.0. The first-order chi connectivity index (χ1) is 15.2. The zero-order chi connectivity index (χ0) is 23.7. The first kappa shape index (κ1) is 25.5. The molecule has 2 rings (SSSR count). The topological polar surface area (TPSA) is 108 Å². The van der Waals surface area contributed by atoms with Crippen LogP contribution < -0.4 is 16.0 Å². The van der Waals surface area contributed by atoms with E-state index >= 15 is 0 Å². The quantitative estimate of drug-likeness (QED) is 0.388. The number of hydrogen-bond donors (Lipinski definition) is 4. The first-order valence-electron chi connectivity index (χ1n) is 10.3. The van der Waals surface area contributed by atoms with E-state index in [1.807, 2.05) is 13.8 Å². The van der Waals surface area contributed by atoms with Crippen molar-refractivity contribution < 1.29 is 19.5 Å². The van der Waals surface area contributed by atoms with E-state index < -0.39 is 11.9 Å². The largest absolute Gasteiger partial charge is 0.508 e. The van der Waals surface area contributed by atoms with Crippen molar-refractivity contribution in [2.24, 2.45) is 5.92 Å². The molecule has 172 valence electrons. The van der Waals surface area contributed by atoms with Crippen LogP contribution in [0.1, 0.15) is 47.4 Å². The van der Waals surface area contributed by atoms with Crippen LogP contribution in [0.15, 0.2) is 42.5 Å². The third kappa shape index (κ3) is 8.05. The number of phenols is 1. The molecule has 0 saturated heterocycles. The van der Waals surface area contributed by atoms with Gasteiger partial charge in [-0.1, -0.05) is 43.1 Å². The number of benzene rings is 2. The minimum atomic E-state index is -0.726. The van der Waals surface area contributed by atoms with Gasteiger partial charge in [-0.15, -0.1) is 0 Å². The molecular weight excluding hydrogens is 453 g/mol. The van der Waals surface area contributed by atoms with Crippen LogP contribution in [0.4, 0.5) is 0 Å². The van der Waals surface area contributed by atoms with Crippen molar-refractivity contribution in [3.8, 4) is 5.75 Å². The molecule has 0 radical (unpaired) electrons. The van der Waals surface area contributed by atoms with Crippen LogP contribution in [0, 0.1) is 5.92 Å². The Bertz CT molecular complexity index is 966. The Kier molecular flexibility index (Phi) is 9.81. The molecular formula is C23H27Cl2N3O4. The average Bonchev–Trinajstić information content (AvgIpc) is 2.72. The fraction of sp³-hybridized carbons (Fsp3) is 0.348. The fourth-order valence-electron chi connectivity index (χ4n) is 2.99. The molecule has 0 spiro atoms. The third-order valence-corrected chi connectivity index (χ3v) is 5.10. The summed E-state index contributed by atoms with van der Waals surface area (Å²) in [6.45, 7) is 4.58. The lowest BCUT2D eigenvalue weighted by Gasteiger charge is -2.20. The molecule has 0 aliphatic carbocycles. The van der Waals surface area contributed by atoms with Gasteiger partial charge in [-0.2, -0.15) is 0 Å². The molecule has 2 aromatic carbocycles. The molecule has 0 aliphatic heterocycles. The lowest BCUT2D eigenvalue weighted by atomic mass is 10.0. The lowest BCUT2D eigenvalue weighted by molar-refractivity contribution is -0.123. The van der Waals surface area contributed by atoms with E-state index in [2.05, 4.69) is 16.0 Å². The van der Waals surface area contributed by atoms with Crippen molar-refractivity contribution in [1.82, 2.24) is 16.0 Å². The standard InChI is InChI=1S/C23H27Cl2N3O4/c1-14(2)11-20(28-22(31)18-8-7-16(24)13-19(18)25)23(32)27-10-4-9-26-21(30)15-5-3-6-17(29)12-15/h3,5-8,12-14,20,29H,4,9-11H2,1-2H3,(H,26,30)(H,27,32)(H,28,31). The van der Waals surface area contributed by atoms with Gasteiger partial charge < -0.3 is 21.1 Å². The first-order valence-corrected chi connectivity index (χ1v) is 11.0. The van der Waals surface area contributed by atoms with Gasteiger partial charge in [-0.05, 0) is 55.2 Å². The summed E-state index contributed by atoms with van der Waals surface area (Å²) in [4.78, 5) is 37.3. The number of hydrogen-bond acceptors (Lipinski definition) is 4. The summed E-state index contributed by atoms with van der Waals surface area (Å²) in [6, 6.07) is 9.87.